The molecular formula is C14H15N7O3. The van der Waals surface area contributed by atoms with Crippen LogP contribution < -0.4 is 5.01 Å². The molecule has 0 aromatic carbocycles. The summed E-state index contributed by atoms with van der Waals surface area (Å²) in [6, 6.07) is 3.37. The van der Waals surface area contributed by atoms with Crippen LogP contribution in [0.3, 0.4) is 0 Å². The minimum atomic E-state index is -1.21. The van der Waals surface area contributed by atoms with Gasteiger partial charge in [-0.15, -0.1) is 0 Å². The SMILES string of the molecule is CN(C)N(C(=O)c1c(C(=O)O)cnn1C)c1ccn2ncnc2c1. The van der Waals surface area contributed by atoms with E-state index in [0.29, 0.717) is 11.3 Å². The van der Waals surface area contributed by atoms with Crippen molar-refractivity contribution >= 4 is 23.2 Å². The maximum Gasteiger partial charge on any atom is 0.339 e. The molecule has 24 heavy (non-hydrogen) atoms. The Bertz CT molecular complexity index is 927. The first-order chi connectivity index (χ1) is 11.4. The molecule has 124 valence electrons. The number of amides is 1. The number of carbonyl (C=O) groups is 2. The molecule has 0 unspecified atom stereocenters. The summed E-state index contributed by atoms with van der Waals surface area (Å²) >= 11 is 0. The van der Waals surface area contributed by atoms with Gasteiger partial charge in [0.2, 0.25) is 0 Å². The van der Waals surface area contributed by atoms with Crippen LogP contribution in [-0.2, 0) is 7.05 Å². The Morgan fingerprint density at radius 2 is 2.00 bits per heavy atom. The van der Waals surface area contributed by atoms with Crippen LogP contribution in [0.25, 0.3) is 5.65 Å². The van der Waals surface area contributed by atoms with E-state index in [1.165, 1.54) is 23.1 Å². The van der Waals surface area contributed by atoms with E-state index in [9.17, 15) is 14.7 Å². The van der Waals surface area contributed by atoms with Gasteiger partial charge in [-0.3, -0.25) is 9.48 Å². The molecule has 0 bridgehead atoms. The molecule has 3 heterocycles. The number of hydrogen-bond acceptors (Lipinski definition) is 6. The van der Waals surface area contributed by atoms with Crippen molar-refractivity contribution in [2.75, 3.05) is 19.1 Å². The fourth-order valence-corrected chi connectivity index (χ4v) is 2.41. The highest BCUT2D eigenvalue weighted by molar-refractivity contribution is 6.10. The summed E-state index contributed by atoms with van der Waals surface area (Å²) in [5, 5.41) is 20.1. The van der Waals surface area contributed by atoms with Crippen molar-refractivity contribution in [1.29, 1.82) is 0 Å². The Labute approximate surface area is 136 Å². The van der Waals surface area contributed by atoms with Crippen molar-refractivity contribution in [1.82, 2.24) is 29.4 Å². The van der Waals surface area contributed by atoms with Crippen molar-refractivity contribution in [3.63, 3.8) is 0 Å². The lowest BCUT2D eigenvalue weighted by Gasteiger charge is -2.29. The zero-order valence-electron chi connectivity index (χ0n) is 13.3. The van der Waals surface area contributed by atoms with Crippen molar-refractivity contribution < 1.29 is 14.7 Å². The van der Waals surface area contributed by atoms with E-state index in [0.717, 1.165) is 6.20 Å². The number of carbonyl (C=O) groups excluding carboxylic acids is 1. The van der Waals surface area contributed by atoms with Gasteiger partial charge in [0.15, 0.2) is 5.65 Å². The van der Waals surface area contributed by atoms with Crippen molar-refractivity contribution in [3.05, 3.63) is 42.1 Å². The second kappa shape index (κ2) is 5.74. The van der Waals surface area contributed by atoms with Gasteiger partial charge in [0.1, 0.15) is 17.6 Å². The molecule has 3 aromatic rings. The number of anilines is 1. The van der Waals surface area contributed by atoms with Crippen LogP contribution in [0.5, 0.6) is 0 Å². The number of carboxylic acids is 1. The number of aromatic nitrogens is 5. The Kier molecular flexibility index (Phi) is 3.73. The predicted molar refractivity (Wildman–Crippen MR) is 83.7 cm³/mol. The number of aromatic carboxylic acids is 1. The Morgan fingerprint density at radius 1 is 1.25 bits per heavy atom. The highest BCUT2D eigenvalue weighted by atomic mass is 16.4. The predicted octanol–water partition coefficient (Wildman–Crippen LogP) is 0.284. The zero-order chi connectivity index (χ0) is 17.4. The maximum absolute atomic E-state index is 13.0. The maximum atomic E-state index is 13.0. The fraction of sp³-hybridized carbons (Fsp3) is 0.214. The number of hydrogen-bond donors (Lipinski definition) is 1. The third kappa shape index (κ3) is 2.48. The van der Waals surface area contributed by atoms with Crippen LogP contribution in [0.15, 0.2) is 30.9 Å². The number of aryl methyl sites for hydroxylation is 1. The largest absolute Gasteiger partial charge is 0.478 e. The Hall–Kier alpha value is -3.27. The summed E-state index contributed by atoms with van der Waals surface area (Å²) in [6.45, 7) is 0. The van der Waals surface area contributed by atoms with Crippen LogP contribution in [-0.4, -0.2) is 60.5 Å². The number of fused-ring (bicyclic) bond motifs is 1. The standard InChI is InChI=1S/C14H15N7O3/c1-18(2)21(9-4-5-20-11(6-9)15-8-17-20)13(22)12-10(14(23)24)7-16-19(12)3/h4-8H,1-3H3,(H,23,24). The molecule has 0 spiro atoms. The molecule has 0 aliphatic heterocycles. The summed E-state index contributed by atoms with van der Waals surface area (Å²) in [6.07, 6.45) is 4.23. The lowest BCUT2D eigenvalue weighted by atomic mass is 10.2. The third-order valence-electron chi connectivity index (χ3n) is 3.47. The molecule has 3 aromatic heterocycles. The van der Waals surface area contributed by atoms with E-state index >= 15 is 0 Å². The van der Waals surface area contributed by atoms with Gasteiger partial charge in [0.05, 0.1) is 11.9 Å². The Morgan fingerprint density at radius 3 is 2.67 bits per heavy atom. The number of hydrazine groups is 1. The third-order valence-corrected chi connectivity index (χ3v) is 3.47. The van der Waals surface area contributed by atoms with Crippen LogP contribution in [0.2, 0.25) is 0 Å². The summed E-state index contributed by atoms with van der Waals surface area (Å²) < 4.78 is 2.81. The normalized spacial score (nSPS) is 11.2. The van der Waals surface area contributed by atoms with Gasteiger partial charge in [0.25, 0.3) is 5.91 Å². The number of rotatable bonds is 4. The molecule has 0 atom stereocenters. The van der Waals surface area contributed by atoms with E-state index in [2.05, 4.69) is 15.2 Å². The molecule has 10 heteroatoms. The molecule has 3 rings (SSSR count). The smallest absolute Gasteiger partial charge is 0.339 e. The molecule has 0 saturated carbocycles. The van der Waals surface area contributed by atoms with Gasteiger partial charge in [-0.2, -0.15) is 10.2 Å². The second-order valence-electron chi connectivity index (χ2n) is 5.25. The minimum Gasteiger partial charge on any atom is -0.478 e. The number of carboxylic acid groups (broad SMARTS) is 1. The van der Waals surface area contributed by atoms with Gasteiger partial charge < -0.3 is 5.11 Å². The lowest BCUT2D eigenvalue weighted by molar-refractivity contribution is 0.0690. The van der Waals surface area contributed by atoms with Gasteiger partial charge in [-0.05, 0) is 6.07 Å². The molecule has 0 aliphatic rings. The Balaban J connectivity index is 2.10. The molecule has 0 aliphatic carbocycles. The van der Waals surface area contributed by atoms with Gasteiger partial charge in [0, 0.05) is 33.4 Å². The monoisotopic (exact) mass is 329 g/mol. The summed E-state index contributed by atoms with van der Waals surface area (Å²) in [4.78, 5) is 28.4. The van der Waals surface area contributed by atoms with E-state index in [4.69, 9.17) is 0 Å². The molecule has 0 saturated heterocycles. The van der Waals surface area contributed by atoms with Crippen LogP contribution >= 0.6 is 0 Å². The summed E-state index contributed by atoms with van der Waals surface area (Å²) in [5.41, 5.74) is 0.925. The van der Waals surface area contributed by atoms with E-state index in [-0.39, 0.29) is 11.3 Å². The molecule has 0 radical (unpaired) electrons. The summed E-state index contributed by atoms with van der Waals surface area (Å²) in [5.74, 6) is -1.72. The molecule has 1 amide bonds. The topological polar surface area (TPSA) is 109 Å². The highest BCUT2D eigenvalue weighted by Crippen LogP contribution is 2.21. The zero-order valence-corrected chi connectivity index (χ0v) is 13.3. The minimum absolute atomic E-state index is 0.0162. The van der Waals surface area contributed by atoms with Crippen LogP contribution in [0.1, 0.15) is 20.8 Å². The first kappa shape index (κ1) is 15.6. The summed E-state index contributed by atoms with van der Waals surface area (Å²) in [7, 11) is 4.89. The van der Waals surface area contributed by atoms with Crippen molar-refractivity contribution in [2.24, 2.45) is 7.05 Å². The molecular weight excluding hydrogens is 314 g/mol. The highest BCUT2D eigenvalue weighted by Gasteiger charge is 2.28. The molecule has 10 nitrogen and oxygen atoms in total. The van der Waals surface area contributed by atoms with E-state index < -0.39 is 11.9 Å². The molecule has 0 fully saturated rings. The lowest BCUT2D eigenvalue weighted by Crippen LogP contribution is -2.43. The van der Waals surface area contributed by atoms with Crippen molar-refractivity contribution in [2.45, 2.75) is 0 Å². The van der Waals surface area contributed by atoms with Crippen molar-refractivity contribution in [3.8, 4) is 0 Å². The van der Waals surface area contributed by atoms with Crippen LogP contribution in [0.4, 0.5) is 5.69 Å². The van der Waals surface area contributed by atoms with Crippen LogP contribution in [0, 0.1) is 0 Å². The first-order valence-electron chi connectivity index (χ1n) is 6.96. The van der Waals surface area contributed by atoms with E-state index in [1.807, 2.05) is 0 Å². The van der Waals surface area contributed by atoms with Gasteiger partial charge in [-0.1, -0.05) is 0 Å². The average Bonchev–Trinajstić information content (AvgIpc) is 3.12. The number of pyridine rings is 1. The van der Waals surface area contributed by atoms with Gasteiger partial charge >= 0.3 is 5.97 Å². The first-order valence-corrected chi connectivity index (χ1v) is 6.96. The van der Waals surface area contributed by atoms with E-state index in [1.54, 1.807) is 41.9 Å². The fourth-order valence-electron chi connectivity index (χ4n) is 2.41. The quantitative estimate of drug-likeness (QED) is 0.685. The van der Waals surface area contributed by atoms with Gasteiger partial charge in [-0.25, -0.2) is 24.3 Å². The second-order valence-corrected chi connectivity index (χ2v) is 5.25. The number of nitrogens with zero attached hydrogens (tertiary/aromatic N) is 7. The molecule has 1 N–H and O–H groups in total. The average molecular weight is 329 g/mol.